The third kappa shape index (κ3) is 2.26. The van der Waals surface area contributed by atoms with Crippen LogP contribution in [-0.4, -0.2) is 56.8 Å². The van der Waals surface area contributed by atoms with Gasteiger partial charge in [-0.05, 0) is 32.4 Å². The minimum absolute atomic E-state index is 0.0809. The van der Waals surface area contributed by atoms with Crippen molar-refractivity contribution in [3.8, 4) is 0 Å². The minimum Gasteiger partial charge on any atom is -0.323 e. The molecular formula is C12H18N6O2. The second kappa shape index (κ2) is 5.20. The monoisotopic (exact) mass is 278 g/mol. The normalized spacial score (nSPS) is 21.5. The lowest BCUT2D eigenvalue weighted by atomic mass is 9.88. The van der Waals surface area contributed by atoms with Crippen LogP contribution in [0.4, 0.5) is 4.79 Å². The van der Waals surface area contributed by atoms with Gasteiger partial charge < -0.3 is 10.6 Å². The quantitative estimate of drug-likeness (QED) is 0.714. The van der Waals surface area contributed by atoms with Gasteiger partial charge in [0, 0.05) is 13.1 Å². The highest BCUT2D eigenvalue weighted by Gasteiger charge is 2.50. The number of aryl methyl sites for hydroxylation is 1. The molecule has 1 aromatic rings. The van der Waals surface area contributed by atoms with Gasteiger partial charge in [-0.1, -0.05) is 0 Å². The summed E-state index contributed by atoms with van der Waals surface area (Å²) in [5.74, 6) is -0.0809. The molecule has 8 heteroatoms. The molecule has 0 atom stereocenters. The van der Waals surface area contributed by atoms with Gasteiger partial charge in [-0.3, -0.25) is 14.4 Å². The molecule has 0 bridgehead atoms. The molecule has 0 aliphatic carbocycles. The Balaban J connectivity index is 1.59. The van der Waals surface area contributed by atoms with Gasteiger partial charge >= 0.3 is 6.03 Å². The van der Waals surface area contributed by atoms with Crippen LogP contribution in [0.5, 0.6) is 0 Å². The number of piperidine rings is 1. The van der Waals surface area contributed by atoms with Gasteiger partial charge in [0.25, 0.3) is 5.91 Å². The predicted molar refractivity (Wildman–Crippen MR) is 69.7 cm³/mol. The average molecular weight is 278 g/mol. The summed E-state index contributed by atoms with van der Waals surface area (Å²) in [6.45, 7) is 2.59. The van der Waals surface area contributed by atoms with Gasteiger partial charge in [0.05, 0.1) is 0 Å². The molecule has 2 aliphatic rings. The van der Waals surface area contributed by atoms with Gasteiger partial charge in [-0.2, -0.15) is 5.10 Å². The van der Waals surface area contributed by atoms with E-state index in [0.717, 1.165) is 13.1 Å². The molecule has 1 aromatic heterocycles. The summed E-state index contributed by atoms with van der Waals surface area (Å²) in [6, 6.07) is -0.268. The molecule has 8 nitrogen and oxygen atoms in total. The molecular weight excluding hydrogens is 260 g/mol. The molecule has 108 valence electrons. The van der Waals surface area contributed by atoms with Crippen molar-refractivity contribution in [2.75, 3.05) is 19.6 Å². The number of hydrogen-bond acceptors (Lipinski definition) is 5. The third-order valence-corrected chi connectivity index (χ3v) is 3.94. The van der Waals surface area contributed by atoms with Crippen molar-refractivity contribution in [3.63, 3.8) is 0 Å². The topological polar surface area (TPSA) is 92.2 Å². The van der Waals surface area contributed by atoms with E-state index in [1.165, 1.54) is 11.2 Å². The van der Waals surface area contributed by atoms with Gasteiger partial charge in [-0.25, -0.2) is 9.78 Å². The SMILES string of the molecule is O=C1NC2(CCNCC2)C(=O)N1CCCn1cncn1. The number of nitrogens with zero attached hydrogens (tertiary/aromatic N) is 4. The first kappa shape index (κ1) is 13.0. The Hall–Kier alpha value is -1.96. The number of rotatable bonds is 4. The van der Waals surface area contributed by atoms with E-state index < -0.39 is 5.54 Å². The van der Waals surface area contributed by atoms with E-state index in [-0.39, 0.29) is 11.9 Å². The number of carbonyl (C=O) groups is 2. The van der Waals surface area contributed by atoms with E-state index in [0.29, 0.717) is 32.4 Å². The molecule has 2 fully saturated rings. The molecule has 3 amide bonds. The number of imide groups is 1. The Bertz CT molecular complexity index is 494. The maximum absolute atomic E-state index is 12.5. The molecule has 0 aromatic carbocycles. The molecule has 2 aliphatic heterocycles. The minimum atomic E-state index is -0.671. The number of carbonyl (C=O) groups excluding carboxylic acids is 2. The van der Waals surface area contributed by atoms with Crippen LogP contribution >= 0.6 is 0 Å². The van der Waals surface area contributed by atoms with Gasteiger partial charge in [0.2, 0.25) is 0 Å². The molecule has 0 unspecified atom stereocenters. The first-order valence-electron chi connectivity index (χ1n) is 6.88. The summed E-state index contributed by atoms with van der Waals surface area (Å²) < 4.78 is 1.69. The molecule has 0 radical (unpaired) electrons. The van der Waals surface area contributed by atoms with Crippen LogP contribution in [0.3, 0.4) is 0 Å². The highest BCUT2D eigenvalue weighted by molar-refractivity contribution is 6.07. The largest absolute Gasteiger partial charge is 0.325 e. The highest BCUT2D eigenvalue weighted by Crippen LogP contribution is 2.26. The maximum atomic E-state index is 12.5. The van der Waals surface area contributed by atoms with Crippen LogP contribution in [0.2, 0.25) is 0 Å². The number of aromatic nitrogens is 3. The Morgan fingerprint density at radius 1 is 1.25 bits per heavy atom. The number of hydrogen-bond donors (Lipinski definition) is 2. The van der Waals surface area contributed by atoms with Crippen molar-refractivity contribution in [2.24, 2.45) is 0 Å². The number of amides is 3. The predicted octanol–water partition coefficient (Wildman–Crippen LogP) is -0.658. The lowest BCUT2D eigenvalue weighted by Gasteiger charge is -2.31. The molecule has 2 saturated heterocycles. The molecule has 3 rings (SSSR count). The maximum Gasteiger partial charge on any atom is 0.325 e. The smallest absolute Gasteiger partial charge is 0.323 e. The lowest BCUT2D eigenvalue weighted by molar-refractivity contribution is -0.132. The molecule has 2 N–H and O–H groups in total. The van der Waals surface area contributed by atoms with Crippen LogP contribution in [0.25, 0.3) is 0 Å². The summed E-state index contributed by atoms with van der Waals surface area (Å²) in [4.78, 5) is 29.6. The van der Waals surface area contributed by atoms with E-state index in [9.17, 15) is 9.59 Å². The van der Waals surface area contributed by atoms with E-state index in [1.807, 2.05) is 0 Å². The Morgan fingerprint density at radius 2 is 2.05 bits per heavy atom. The van der Waals surface area contributed by atoms with Crippen LogP contribution in [0.1, 0.15) is 19.3 Å². The molecule has 20 heavy (non-hydrogen) atoms. The van der Waals surface area contributed by atoms with Crippen LogP contribution in [-0.2, 0) is 11.3 Å². The Morgan fingerprint density at radius 3 is 2.75 bits per heavy atom. The fourth-order valence-electron chi connectivity index (χ4n) is 2.81. The van der Waals surface area contributed by atoms with Gasteiger partial charge in [-0.15, -0.1) is 0 Å². The fraction of sp³-hybridized carbons (Fsp3) is 0.667. The van der Waals surface area contributed by atoms with Crippen molar-refractivity contribution in [1.29, 1.82) is 0 Å². The van der Waals surface area contributed by atoms with Gasteiger partial charge in [0.1, 0.15) is 18.2 Å². The van der Waals surface area contributed by atoms with Crippen molar-refractivity contribution in [1.82, 2.24) is 30.3 Å². The van der Waals surface area contributed by atoms with Crippen LogP contribution in [0, 0.1) is 0 Å². The number of nitrogens with one attached hydrogen (secondary N) is 2. The molecule has 1 spiro atoms. The summed E-state index contributed by atoms with van der Waals surface area (Å²) in [7, 11) is 0. The van der Waals surface area contributed by atoms with Crippen LogP contribution < -0.4 is 10.6 Å². The fourth-order valence-corrected chi connectivity index (χ4v) is 2.81. The summed E-state index contributed by atoms with van der Waals surface area (Å²) in [6.07, 6.45) is 5.10. The van der Waals surface area contributed by atoms with Gasteiger partial charge in [0.15, 0.2) is 0 Å². The second-order valence-corrected chi connectivity index (χ2v) is 5.23. The number of urea groups is 1. The van der Waals surface area contributed by atoms with Crippen molar-refractivity contribution < 1.29 is 9.59 Å². The van der Waals surface area contributed by atoms with Crippen molar-refractivity contribution in [2.45, 2.75) is 31.3 Å². The zero-order chi connectivity index (χ0) is 14.0. The van der Waals surface area contributed by atoms with E-state index >= 15 is 0 Å². The zero-order valence-electron chi connectivity index (χ0n) is 11.2. The Kier molecular flexibility index (Phi) is 3.39. The Labute approximate surface area is 116 Å². The van der Waals surface area contributed by atoms with Crippen LogP contribution in [0.15, 0.2) is 12.7 Å². The van der Waals surface area contributed by atoms with E-state index in [1.54, 1.807) is 11.0 Å². The zero-order valence-corrected chi connectivity index (χ0v) is 11.2. The van der Waals surface area contributed by atoms with E-state index in [4.69, 9.17) is 0 Å². The summed E-state index contributed by atoms with van der Waals surface area (Å²) in [5, 5.41) is 10.1. The van der Waals surface area contributed by atoms with E-state index in [2.05, 4.69) is 20.7 Å². The molecule has 0 saturated carbocycles. The van der Waals surface area contributed by atoms with Crippen molar-refractivity contribution in [3.05, 3.63) is 12.7 Å². The summed E-state index contributed by atoms with van der Waals surface area (Å²) >= 11 is 0. The first-order chi connectivity index (χ1) is 9.71. The molecule has 3 heterocycles. The highest BCUT2D eigenvalue weighted by atomic mass is 16.2. The first-order valence-corrected chi connectivity index (χ1v) is 6.88. The lowest BCUT2D eigenvalue weighted by Crippen LogP contribution is -2.53. The average Bonchev–Trinajstić information content (AvgIpc) is 3.03. The third-order valence-electron chi connectivity index (χ3n) is 3.94. The second-order valence-electron chi connectivity index (χ2n) is 5.23. The van der Waals surface area contributed by atoms with Crippen molar-refractivity contribution >= 4 is 11.9 Å². The summed E-state index contributed by atoms with van der Waals surface area (Å²) in [5.41, 5.74) is -0.671. The standard InChI is InChI=1S/C12H18N6O2/c19-10-12(2-4-13-5-3-12)16-11(20)18(10)7-1-6-17-9-14-8-15-17/h8-9,13H,1-7H2,(H,16,20).